The lowest BCUT2D eigenvalue weighted by Crippen LogP contribution is -2.68. The van der Waals surface area contributed by atoms with E-state index in [-0.39, 0.29) is 5.54 Å². The Kier molecular flexibility index (Phi) is 1.68. The maximum absolute atomic E-state index is 5.90. The number of nitrogens with one attached hydrogen (secondary N) is 1. The minimum Gasteiger partial charge on any atom is -0.376 e. The molecule has 0 spiro atoms. The molecule has 2 bridgehead atoms. The monoisotopic (exact) mass is 183 g/mol. The topological polar surface area (TPSA) is 50.5 Å². The largest absolute Gasteiger partial charge is 0.376 e. The third-order valence-corrected chi connectivity index (χ3v) is 3.69. The second kappa shape index (κ2) is 2.67. The van der Waals surface area contributed by atoms with Gasteiger partial charge in [0, 0.05) is 25.7 Å². The van der Waals surface area contributed by atoms with Gasteiger partial charge in [-0.3, -0.25) is 5.84 Å². The Balaban J connectivity index is 1.81. The molecule has 0 amide bonds. The molecular formula is C9H17N3O. The van der Waals surface area contributed by atoms with Crippen molar-refractivity contribution in [3.05, 3.63) is 0 Å². The fraction of sp³-hybridized carbons (Fsp3) is 1.00. The Morgan fingerprint density at radius 3 is 3.00 bits per heavy atom. The maximum Gasteiger partial charge on any atom is 0.0791 e. The highest BCUT2D eigenvalue weighted by Crippen LogP contribution is 2.37. The molecule has 0 saturated carbocycles. The Bertz CT molecular complexity index is 219. The Morgan fingerprint density at radius 1 is 1.46 bits per heavy atom. The van der Waals surface area contributed by atoms with Crippen LogP contribution in [-0.2, 0) is 4.74 Å². The van der Waals surface area contributed by atoms with E-state index in [1.807, 2.05) is 5.01 Å². The van der Waals surface area contributed by atoms with Gasteiger partial charge in [-0.05, 0) is 19.3 Å². The number of hydrazine groups is 1. The summed E-state index contributed by atoms with van der Waals surface area (Å²) in [5.41, 5.74) is 0.190. The van der Waals surface area contributed by atoms with Gasteiger partial charge in [0.25, 0.3) is 0 Å². The number of fused-ring (bicyclic) bond motifs is 2. The zero-order chi connectivity index (χ0) is 8.89. The summed E-state index contributed by atoms with van der Waals surface area (Å²) in [6, 6.07) is 0.600. The van der Waals surface area contributed by atoms with E-state index >= 15 is 0 Å². The molecule has 0 aromatic carbocycles. The molecule has 3 atom stereocenters. The summed E-state index contributed by atoms with van der Waals surface area (Å²) in [5, 5.41) is 5.64. The molecular weight excluding hydrogens is 166 g/mol. The average molecular weight is 183 g/mol. The summed E-state index contributed by atoms with van der Waals surface area (Å²) >= 11 is 0. The van der Waals surface area contributed by atoms with E-state index in [0.717, 1.165) is 19.7 Å². The first-order chi connectivity index (χ1) is 6.28. The van der Waals surface area contributed by atoms with Crippen LogP contribution in [0, 0.1) is 0 Å². The van der Waals surface area contributed by atoms with Crippen LogP contribution in [0.25, 0.3) is 0 Å². The second-order valence-electron chi connectivity index (χ2n) is 4.61. The smallest absolute Gasteiger partial charge is 0.0791 e. The molecule has 3 rings (SSSR count). The van der Waals surface area contributed by atoms with Gasteiger partial charge in [-0.15, -0.1) is 0 Å². The van der Waals surface area contributed by atoms with Gasteiger partial charge in [-0.25, -0.2) is 5.01 Å². The van der Waals surface area contributed by atoms with Gasteiger partial charge < -0.3 is 10.1 Å². The normalized spacial score (nSPS) is 50.5. The summed E-state index contributed by atoms with van der Waals surface area (Å²) in [7, 11) is 0. The van der Waals surface area contributed by atoms with Crippen LogP contribution >= 0.6 is 0 Å². The van der Waals surface area contributed by atoms with E-state index in [2.05, 4.69) is 5.32 Å². The molecule has 3 saturated heterocycles. The van der Waals surface area contributed by atoms with E-state index < -0.39 is 0 Å². The molecule has 0 radical (unpaired) electrons. The fourth-order valence-corrected chi connectivity index (χ4v) is 2.98. The van der Waals surface area contributed by atoms with Crippen molar-refractivity contribution < 1.29 is 4.74 Å². The van der Waals surface area contributed by atoms with Gasteiger partial charge in [0.15, 0.2) is 0 Å². The van der Waals surface area contributed by atoms with Crippen molar-refractivity contribution in [1.29, 1.82) is 0 Å². The van der Waals surface area contributed by atoms with Crippen molar-refractivity contribution in [2.24, 2.45) is 5.84 Å². The molecule has 3 heterocycles. The third-order valence-electron chi connectivity index (χ3n) is 3.69. The van der Waals surface area contributed by atoms with Crippen molar-refractivity contribution >= 4 is 0 Å². The van der Waals surface area contributed by atoms with Gasteiger partial charge in [0.05, 0.1) is 11.6 Å². The number of piperazine rings is 1. The quantitative estimate of drug-likeness (QED) is 0.536. The lowest BCUT2D eigenvalue weighted by atomic mass is 9.86. The molecule has 0 aromatic heterocycles. The molecule has 74 valence electrons. The van der Waals surface area contributed by atoms with Crippen LogP contribution in [0.5, 0.6) is 0 Å². The second-order valence-corrected chi connectivity index (χ2v) is 4.61. The third kappa shape index (κ3) is 1.13. The first-order valence-corrected chi connectivity index (χ1v) is 5.17. The zero-order valence-electron chi connectivity index (χ0n) is 7.83. The molecule has 0 aliphatic carbocycles. The highest BCUT2D eigenvalue weighted by molar-refractivity contribution is 5.09. The number of nitrogens with zero attached hydrogens (tertiary/aromatic N) is 1. The zero-order valence-corrected chi connectivity index (χ0v) is 7.83. The van der Waals surface area contributed by atoms with Crippen molar-refractivity contribution in [1.82, 2.24) is 10.3 Å². The fourth-order valence-electron chi connectivity index (χ4n) is 2.98. The number of nitrogens with two attached hydrogens (primary N) is 1. The summed E-state index contributed by atoms with van der Waals surface area (Å²) in [6.07, 6.45) is 4.11. The lowest BCUT2D eigenvalue weighted by Gasteiger charge is -2.47. The summed E-state index contributed by atoms with van der Waals surface area (Å²) < 4.78 is 5.59. The number of hydrogen-bond donors (Lipinski definition) is 2. The van der Waals surface area contributed by atoms with Gasteiger partial charge >= 0.3 is 0 Å². The molecule has 3 fully saturated rings. The van der Waals surface area contributed by atoms with Crippen molar-refractivity contribution in [2.75, 3.05) is 19.7 Å². The van der Waals surface area contributed by atoms with Crippen LogP contribution in [0.4, 0.5) is 0 Å². The molecule has 3 aliphatic heterocycles. The molecule has 0 unspecified atom stereocenters. The van der Waals surface area contributed by atoms with Gasteiger partial charge in [0.2, 0.25) is 0 Å². The predicted molar refractivity (Wildman–Crippen MR) is 49.0 cm³/mol. The SMILES string of the molecule is NN1C[C@H]2CC[C@@]([C@@H]3CCO3)(C1)N2. The molecule has 4 nitrogen and oxygen atoms in total. The summed E-state index contributed by atoms with van der Waals surface area (Å²) in [5.74, 6) is 5.90. The van der Waals surface area contributed by atoms with E-state index in [0.29, 0.717) is 12.1 Å². The first-order valence-electron chi connectivity index (χ1n) is 5.17. The van der Waals surface area contributed by atoms with Gasteiger partial charge in [0.1, 0.15) is 0 Å². The van der Waals surface area contributed by atoms with Crippen molar-refractivity contribution in [3.63, 3.8) is 0 Å². The van der Waals surface area contributed by atoms with Crippen LogP contribution in [0.3, 0.4) is 0 Å². The Labute approximate surface area is 78.4 Å². The highest BCUT2D eigenvalue weighted by Gasteiger charge is 2.51. The predicted octanol–water partition coefficient (Wildman–Crippen LogP) is -0.545. The summed E-state index contributed by atoms with van der Waals surface area (Å²) in [4.78, 5) is 0. The number of rotatable bonds is 1. The van der Waals surface area contributed by atoms with Crippen molar-refractivity contribution in [3.8, 4) is 0 Å². The Hall–Kier alpha value is -0.160. The number of hydrogen-bond acceptors (Lipinski definition) is 4. The first kappa shape index (κ1) is 8.17. The molecule has 4 heteroatoms. The van der Waals surface area contributed by atoms with Gasteiger partial charge in [-0.1, -0.05) is 0 Å². The standard InChI is InChI=1S/C9H17N3O/c10-12-5-7-1-3-9(6-12,11-7)8-2-4-13-8/h7-8,11H,1-6,10H2/t7-,8+,9+/m1/s1. The van der Waals surface area contributed by atoms with E-state index in [1.54, 1.807) is 0 Å². The average Bonchev–Trinajstić information content (AvgIpc) is 2.23. The maximum atomic E-state index is 5.90. The lowest BCUT2D eigenvalue weighted by molar-refractivity contribution is -0.114. The molecule has 13 heavy (non-hydrogen) atoms. The number of ether oxygens (including phenoxy) is 1. The van der Waals surface area contributed by atoms with E-state index in [1.165, 1.54) is 19.3 Å². The minimum atomic E-state index is 0.190. The van der Waals surface area contributed by atoms with Crippen LogP contribution in [0.15, 0.2) is 0 Å². The molecule has 3 N–H and O–H groups in total. The van der Waals surface area contributed by atoms with E-state index in [4.69, 9.17) is 10.6 Å². The van der Waals surface area contributed by atoms with E-state index in [9.17, 15) is 0 Å². The van der Waals surface area contributed by atoms with Crippen LogP contribution in [0.2, 0.25) is 0 Å². The highest BCUT2D eigenvalue weighted by atomic mass is 16.5. The molecule has 3 aliphatic rings. The molecule has 0 aromatic rings. The van der Waals surface area contributed by atoms with Gasteiger partial charge in [-0.2, -0.15) is 0 Å². The van der Waals surface area contributed by atoms with Crippen molar-refractivity contribution in [2.45, 2.75) is 36.9 Å². The van der Waals surface area contributed by atoms with Crippen LogP contribution in [0.1, 0.15) is 19.3 Å². The Morgan fingerprint density at radius 2 is 2.31 bits per heavy atom. The van der Waals surface area contributed by atoms with Crippen LogP contribution in [-0.4, -0.2) is 42.4 Å². The summed E-state index contributed by atoms with van der Waals surface area (Å²) in [6.45, 7) is 2.88. The minimum absolute atomic E-state index is 0.190. The van der Waals surface area contributed by atoms with Crippen LogP contribution < -0.4 is 11.2 Å².